The second-order valence-corrected chi connectivity index (χ2v) is 6.44. The fourth-order valence-electron chi connectivity index (χ4n) is 2.65. The van der Waals surface area contributed by atoms with E-state index in [1.165, 1.54) is 0 Å². The summed E-state index contributed by atoms with van der Waals surface area (Å²) in [4.78, 5) is 14.3. The van der Waals surface area contributed by atoms with E-state index < -0.39 is 0 Å². The van der Waals surface area contributed by atoms with E-state index in [4.69, 9.17) is 37.4 Å². The van der Waals surface area contributed by atoms with Crippen LogP contribution in [-0.2, 0) is 6.54 Å². The highest BCUT2D eigenvalue weighted by molar-refractivity contribution is 6.32. The van der Waals surface area contributed by atoms with E-state index >= 15 is 0 Å². The molecule has 0 bridgehead atoms. The quantitative estimate of drug-likeness (QED) is 0.801. The van der Waals surface area contributed by atoms with Crippen LogP contribution in [0.1, 0.15) is 15.9 Å². The van der Waals surface area contributed by atoms with Crippen molar-refractivity contribution in [2.75, 3.05) is 27.4 Å². The average Bonchev–Trinajstić information content (AvgIpc) is 2.61. The molecule has 0 saturated heterocycles. The summed E-state index contributed by atoms with van der Waals surface area (Å²) in [6.45, 7) is 1.21. The van der Waals surface area contributed by atoms with E-state index in [1.54, 1.807) is 49.4 Å². The van der Waals surface area contributed by atoms with Crippen molar-refractivity contribution in [1.82, 2.24) is 4.90 Å². The van der Waals surface area contributed by atoms with Crippen molar-refractivity contribution in [3.8, 4) is 17.2 Å². The molecule has 0 spiro atoms. The summed E-state index contributed by atoms with van der Waals surface area (Å²) in [5.74, 6) is 1.43. The lowest BCUT2D eigenvalue weighted by Gasteiger charge is -2.22. The zero-order valence-electron chi connectivity index (χ0n) is 13.8. The van der Waals surface area contributed by atoms with Crippen LogP contribution >= 0.6 is 23.2 Å². The third kappa shape index (κ3) is 3.78. The molecule has 2 aromatic carbocycles. The van der Waals surface area contributed by atoms with Crippen LogP contribution in [-0.4, -0.2) is 38.2 Å². The Bertz CT molecular complexity index is 810. The number of nitrogens with zero attached hydrogens (tertiary/aromatic N) is 1. The maximum Gasteiger partial charge on any atom is 0.254 e. The van der Waals surface area contributed by atoms with Gasteiger partial charge in [0.25, 0.3) is 5.91 Å². The maximum atomic E-state index is 12.8. The minimum atomic E-state index is -0.194. The van der Waals surface area contributed by atoms with Crippen molar-refractivity contribution in [3.05, 3.63) is 51.5 Å². The molecule has 0 N–H and O–H groups in total. The van der Waals surface area contributed by atoms with Gasteiger partial charge in [-0.3, -0.25) is 4.79 Å². The highest BCUT2D eigenvalue weighted by atomic mass is 35.5. The van der Waals surface area contributed by atoms with Gasteiger partial charge in [0.15, 0.2) is 11.5 Å². The van der Waals surface area contributed by atoms with Crippen LogP contribution in [0.4, 0.5) is 0 Å². The number of benzene rings is 2. The number of ether oxygens (including phenoxy) is 3. The Kier molecular flexibility index (Phi) is 5.25. The first-order valence-corrected chi connectivity index (χ1v) is 8.42. The lowest BCUT2D eigenvalue weighted by Crippen LogP contribution is -2.27. The Morgan fingerprint density at radius 3 is 2.72 bits per heavy atom. The number of methoxy groups -OCH3 is 1. The fourth-order valence-corrected chi connectivity index (χ4v) is 3.11. The van der Waals surface area contributed by atoms with Crippen molar-refractivity contribution in [2.24, 2.45) is 0 Å². The first kappa shape index (κ1) is 17.7. The Morgan fingerprint density at radius 1 is 1.20 bits per heavy atom. The molecule has 7 heteroatoms. The van der Waals surface area contributed by atoms with Crippen molar-refractivity contribution in [2.45, 2.75) is 6.54 Å². The first-order valence-electron chi connectivity index (χ1n) is 7.66. The molecule has 1 amide bonds. The van der Waals surface area contributed by atoms with Crippen LogP contribution in [0.2, 0.25) is 10.0 Å². The van der Waals surface area contributed by atoms with Crippen LogP contribution in [0.5, 0.6) is 17.2 Å². The van der Waals surface area contributed by atoms with E-state index in [0.717, 1.165) is 5.56 Å². The Balaban J connectivity index is 1.84. The number of hydrogen-bond donors (Lipinski definition) is 0. The minimum absolute atomic E-state index is 0.194. The zero-order chi connectivity index (χ0) is 18.0. The number of rotatable bonds is 4. The largest absolute Gasteiger partial charge is 0.496 e. The second-order valence-electron chi connectivity index (χ2n) is 5.60. The molecular weight excluding hydrogens is 365 g/mol. The standard InChI is InChI=1S/C18H17Cl2NO4/c1-21(10-12-7-13(19)3-4-15(12)23-2)18(22)11-8-14(20)17-16(9-11)24-5-6-25-17/h3-4,7-9H,5-6,10H2,1-2H3. The molecule has 0 aliphatic carbocycles. The van der Waals surface area contributed by atoms with Gasteiger partial charge in [0.1, 0.15) is 19.0 Å². The number of halogens is 2. The number of carbonyl (C=O) groups excluding carboxylic acids is 1. The number of fused-ring (bicyclic) bond motifs is 1. The molecule has 0 radical (unpaired) electrons. The summed E-state index contributed by atoms with van der Waals surface area (Å²) in [5, 5.41) is 0.938. The predicted octanol–water partition coefficient (Wildman–Crippen LogP) is 4.05. The summed E-state index contributed by atoms with van der Waals surface area (Å²) in [6, 6.07) is 8.53. The highest BCUT2D eigenvalue weighted by Gasteiger charge is 2.21. The van der Waals surface area contributed by atoms with Crippen molar-refractivity contribution < 1.29 is 19.0 Å². The van der Waals surface area contributed by atoms with E-state index in [0.29, 0.717) is 52.6 Å². The van der Waals surface area contributed by atoms with Crippen LogP contribution in [0.3, 0.4) is 0 Å². The second kappa shape index (κ2) is 7.42. The number of carbonyl (C=O) groups is 1. The van der Waals surface area contributed by atoms with Crippen LogP contribution in [0.25, 0.3) is 0 Å². The fraction of sp³-hybridized carbons (Fsp3) is 0.278. The molecule has 0 unspecified atom stereocenters. The summed E-state index contributed by atoms with van der Waals surface area (Å²) in [6.07, 6.45) is 0. The smallest absolute Gasteiger partial charge is 0.254 e. The monoisotopic (exact) mass is 381 g/mol. The average molecular weight is 382 g/mol. The van der Waals surface area contributed by atoms with Gasteiger partial charge in [-0.25, -0.2) is 0 Å². The van der Waals surface area contributed by atoms with Gasteiger partial charge in [0.2, 0.25) is 0 Å². The van der Waals surface area contributed by atoms with Crippen molar-refractivity contribution in [1.29, 1.82) is 0 Å². The summed E-state index contributed by atoms with van der Waals surface area (Å²) in [5.41, 5.74) is 1.24. The summed E-state index contributed by atoms with van der Waals surface area (Å²) >= 11 is 12.3. The van der Waals surface area contributed by atoms with E-state index in [2.05, 4.69) is 0 Å². The number of hydrogen-bond acceptors (Lipinski definition) is 4. The molecule has 25 heavy (non-hydrogen) atoms. The Labute approximate surface area is 156 Å². The topological polar surface area (TPSA) is 48.0 Å². The molecular formula is C18H17Cl2NO4. The van der Waals surface area contributed by atoms with Gasteiger partial charge in [0.05, 0.1) is 12.1 Å². The molecule has 0 fully saturated rings. The zero-order valence-corrected chi connectivity index (χ0v) is 15.4. The SMILES string of the molecule is COc1ccc(Cl)cc1CN(C)C(=O)c1cc(Cl)c2c(c1)OCCO2. The van der Waals surface area contributed by atoms with Gasteiger partial charge in [0, 0.05) is 29.7 Å². The van der Waals surface area contributed by atoms with Gasteiger partial charge >= 0.3 is 0 Å². The Morgan fingerprint density at radius 2 is 1.96 bits per heavy atom. The highest BCUT2D eigenvalue weighted by Crippen LogP contribution is 2.38. The molecule has 1 aliphatic rings. The summed E-state index contributed by atoms with van der Waals surface area (Å²) in [7, 11) is 3.28. The third-order valence-corrected chi connectivity index (χ3v) is 4.36. The molecule has 1 heterocycles. The summed E-state index contributed by atoms with van der Waals surface area (Å²) < 4.78 is 16.3. The van der Waals surface area contributed by atoms with Gasteiger partial charge in [-0.05, 0) is 30.3 Å². The van der Waals surface area contributed by atoms with E-state index in [1.807, 2.05) is 0 Å². The molecule has 3 rings (SSSR count). The molecule has 5 nitrogen and oxygen atoms in total. The van der Waals surface area contributed by atoms with Gasteiger partial charge < -0.3 is 19.1 Å². The van der Waals surface area contributed by atoms with Gasteiger partial charge in [-0.1, -0.05) is 23.2 Å². The van der Waals surface area contributed by atoms with Crippen LogP contribution in [0.15, 0.2) is 30.3 Å². The maximum absolute atomic E-state index is 12.8. The van der Waals surface area contributed by atoms with Crippen molar-refractivity contribution >= 4 is 29.1 Å². The Hall–Kier alpha value is -2.11. The lowest BCUT2D eigenvalue weighted by molar-refractivity contribution is 0.0783. The van der Waals surface area contributed by atoms with Crippen LogP contribution in [0, 0.1) is 0 Å². The first-order chi connectivity index (χ1) is 12.0. The van der Waals surface area contributed by atoms with Gasteiger partial charge in [-0.2, -0.15) is 0 Å². The molecule has 0 atom stereocenters. The molecule has 1 aliphatic heterocycles. The van der Waals surface area contributed by atoms with E-state index in [9.17, 15) is 4.79 Å². The predicted molar refractivity (Wildman–Crippen MR) is 96.2 cm³/mol. The molecule has 0 aromatic heterocycles. The van der Waals surface area contributed by atoms with E-state index in [-0.39, 0.29) is 5.91 Å². The van der Waals surface area contributed by atoms with Crippen molar-refractivity contribution in [3.63, 3.8) is 0 Å². The van der Waals surface area contributed by atoms with Gasteiger partial charge in [-0.15, -0.1) is 0 Å². The number of amides is 1. The normalized spacial score (nSPS) is 12.6. The molecule has 132 valence electrons. The lowest BCUT2D eigenvalue weighted by atomic mass is 10.1. The van der Waals surface area contributed by atoms with Crippen LogP contribution < -0.4 is 14.2 Å². The third-order valence-electron chi connectivity index (χ3n) is 3.84. The molecule has 2 aromatic rings. The molecule has 0 saturated carbocycles. The minimum Gasteiger partial charge on any atom is -0.496 e.